The number of hydrogen-bond acceptors (Lipinski definition) is 2. The summed E-state index contributed by atoms with van der Waals surface area (Å²) in [6.45, 7) is 1.81. The highest BCUT2D eigenvalue weighted by Gasteiger charge is 2.28. The van der Waals surface area contributed by atoms with Crippen molar-refractivity contribution in [3.8, 4) is 0 Å². The van der Waals surface area contributed by atoms with Crippen LogP contribution >= 0.6 is 12.4 Å². The summed E-state index contributed by atoms with van der Waals surface area (Å²) in [4.78, 5) is 11.7. The van der Waals surface area contributed by atoms with Crippen LogP contribution in [0.3, 0.4) is 0 Å². The van der Waals surface area contributed by atoms with Gasteiger partial charge in [0.25, 0.3) is 5.91 Å². The van der Waals surface area contributed by atoms with Gasteiger partial charge in [0, 0.05) is 18.7 Å². The van der Waals surface area contributed by atoms with E-state index in [1.165, 1.54) is 13.0 Å². The minimum atomic E-state index is -0.851. The van der Waals surface area contributed by atoms with Crippen LogP contribution in [0, 0.1) is 24.5 Å². The molecule has 0 aromatic heterocycles. The lowest BCUT2D eigenvalue weighted by Crippen LogP contribution is -2.38. The molecule has 106 valence electrons. The number of halogens is 3. The van der Waals surface area contributed by atoms with Crippen molar-refractivity contribution in [1.82, 2.24) is 5.32 Å². The number of hydrogen-bond donors (Lipinski definition) is 2. The van der Waals surface area contributed by atoms with Gasteiger partial charge in [0.2, 0.25) is 0 Å². The molecule has 1 aromatic carbocycles. The second-order valence-corrected chi connectivity index (χ2v) is 4.79. The van der Waals surface area contributed by atoms with Crippen LogP contribution in [-0.2, 0) is 0 Å². The van der Waals surface area contributed by atoms with Crippen LogP contribution in [0.1, 0.15) is 28.8 Å². The maximum absolute atomic E-state index is 13.4. The molecule has 0 aliphatic heterocycles. The minimum Gasteiger partial charge on any atom is -0.350 e. The zero-order valence-electron chi connectivity index (χ0n) is 10.6. The lowest BCUT2D eigenvalue weighted by atomic mass is 10.1. The van der Waals surface area contributed by atoms with Gasteiger partial charge in [-0.2, -0.15) is 0 Å². The molecule has 0 heterocycles. The van der Waals surface area contributed by atoms with Gasteiger partial charge in [0.1, 0.15) is 11.6 Å². The highest BCUT2D eigenvalue weighted by Crippen LogP contribution is 2.31. The van der Waals surface area contributed by atoms with Crippen LogP contribution in [0.2, 0.25) is 0 Å². The first-order valence-corrected chi connectivity index (χ1v) is 5.98. The Labute approximate surface area is 117 Å². The van der Waals surface area contributed by atoms with Crippen LogP contribution in [0.25, 0.3) is 0 Å². The maximum atomic E-state index is 13.4. The summed E-state index contributed by atoms with van der Waals surface area (Å²) in [5.74, 6) is -1.59. The zero-order chi connectivity index (χ0) is 13.3. The van der Waals surface area contributed by atoms with Gasteiger partial charge in [-0.1, -0.05) is 0 Å². The van der Waals surface area contributed by atoms with Gasteiger partial charge in [0.15, 0.2) is 0 Å². The van der Waals surface area contributed by atoms with Gasteiger partial charge < -0.3 is 11.1 Å². The molecule has 1 unspecified atom stereocenters. The summed E-state index contributed by atoms with van der Waals surface area (Å²) in [5.41, 5.74) is 5.93. The molecular formula is C13H17ClF2N2O. The van der Waals surface area contributed by atoms with Crippen molar-refractivity contribution >= 4 is 18.3 Å². The van der Waals surface area contributed by atoms with Crippen molar-refractivity contribution in [2.45, 2.75) is 25.8 Å². The minimum absolute atomic E-state index is 0. The van der Waals surface area contributed by atoms with Crippen molar-refractivity contribution in [1.29, 1.82) is 0 Å². The molecule has 1 aromatic rings. The number of carbonyl (C=O) groups excluding carboxylic acids is 1. The standard InChI is InChI=1S/C13H16F2N2O.ClH/c1-7-4-9(11(15)5-10(7)14)13(18)17-6-12(16)8-2-3-8;/h4-5,8,12H,2-3,6,16H2,1H3,(H,17,18);1H. The summed E-state index contributed by atoms with van der Waals surface area (Å²) in [6, 6.07) is 1.85. The Hall–Kier alpha value is -1.20. The van der Waals surface area contributed by atoms with Gasteiger partial charge in [-0.25, -0.2) is 8.78 Å². The van der Waals surface area contributed by atoms with Crippen LogP contribution in [0.15, 0.2) is 12.1 Å². The van der Waals surface area contributed by atoms with Crippen LogP contribution in [-0.4, -0.2) is 18.5 Å². The zero-order valence-corrected chi connectivity index (χ0v) is 11.4. The Morgan fingerprint density at radius 3 is 2.63 bits per heavy atom. The molecule has 3 nitrogen and oxygen atoms in total. The molecule has 1 aliphatic carbocycles. The van der Waals surface area contributed by atoms with Crippen molar-refractivity contribution in [2.75, 3.05) is 6.54 Å². The van der Waals surface area contributed by atoms with E-state index in [2.05, 4.69) is 5.32 Å². The molecule has 1 amide bonds. The molecule has 0 radical (unpaired) electrons. The average molecular weight is 291 g/mol. The molecule has 6 heteroatoms. The van der Waals surface area contributed by atoms with Crippen molar-refractivity contribution in [2.24, 2.45) is 11.7 Å². The molecule has 1 saturated carbocycles. The summed E-state index contributed by atoms with van der Waals surface area (Å²) in [5, 5.41) is 2.58. The lowest BCUT2D eigenvalue weighted by Gasteiger charge is -2.12. The quantitative estimate of drug-likeness (QED) is 0.893. The van der Waals surface area contributed by atoms with E-state index in [1.54, 1.807) is 0 Å². The Morgan fingerprint density at radius 1 is 1.42 bits per heavy atom. The third-order valence-electron chi connectivity index (χ3n) is 3.22. The van der Waals surface area contributed by atoms with E-state index >= 15 is 0 Å². The first kappa shape index (κ1) is 15.9. The van der Waals surface area contributed by atoms with Crippen LogP contribution in [0.5, 0.6) is 0 Å². The predicted molar refractivity (Wildman–Crippen MR) is 71.4 cm³/mol. The highest BCUT2D eigenvalue weighted by molar-refractivity contribution is 5.94. The largest absolute Gasteiger partial charge is 0.350 e. The molecule has 1 aliphatic rings. The molecular weight excluding hydrogens is 274 g/mol. The molecule has 0 bridgehead atoms. The van der Waals surface area contributed by atoms with E-state index in [-0.39, 0.29) is 29.6 Å². The summed E-state index contributed by atoms with van der Waals surface area (Å²) in [7, 11) is 0. The molecule has 19 heavy (non-hydrogen) atoms. The topological polar surface area (TPSA) is 55.1 Å². The predicted octanol–water partition coefficient (Wildman–Crippen LogP) is 2.16. The van der Waals surface area contributed by atoms with E-state index in [0.29, 0.717) is 12.5 Å². The van der Waals surface area contributed by atoms with Crippen LogP contribution < -0.4 is 11.1 Å². The monoisotopic (exact) mass is 290 g/mol. The summed E-state index contributed by atoms with van der Waals surface area (Å²) < 4.78 is 26.5. The smallest absolute Gasteiger partial charge is 0.254 e. The Bertz CT molecular complexity index is 478. The van der Waals surface area contributed by atoms with Crippen molar-refractivity contribution in [3.05, 3.63) is 34.9 Å². The van der Waals surface area contributed by atoms with E-state index in [0.717, 1.165) is 18.9 Å². The Morgan fingerprint density at radius 2 is 2.05 bits per heavy atom. The first-order chi connectivity index (χ1) is 8.49. The number of nitrogens with one attached hydrogen (secondary N) is 1. The first-order valence-electron chi connectivity index (χ1n) is 5.98. The third-order valence-corrected chi connectivity index (χ3v) is 3.22. The van der Waals surface area contributed by atoms with Gasteiger partial charge in [-0.3, -0.25) is 4.79 Å². The second kappa shape index (κ2) is 6.30. The number of benzene rings is 1. The van der Waals surface area contributed by atoms with E-state index in [4.69, 9.17) is 5.73 Å². The molecule has 1 fully saturated rings. The second-order valence-electron chi connectivity index (χ2n) is 4.79. The van der Waals surface area contributed by atoms with Gasteiger partial charge in [-0.05, 0) is 37.3 Å². The fourth-order valence-corrected chi connectivity index (χ4v) is 1.83. The number of nitrogens with two attached hydrogens (primary N) is 1. The number of carbonyl (C=O) groups is 1. The summed E-state index contributed by atoms with van der Waals surface area (Å²) >= 11 is 0. The fraction of sp³-hybridized carbons (Fsp3) is 0.462. The molecule has 3 N–H and O–H groups in total. The fourth-order valence-electron chi connectivity index (χ4n) is 1.83. The molecule has 0 spiro atoms. The molecule has 0 saturated heterocycles. The lowest BCUT2D eigenvalue weighted by molar-refractivity contribution is 0.0946. The maximum Gasteiger partial charge on any atom is 0.254 e. The average Bonchev–Trinajstić information content (AvgIpc) is 3.14. The Balaban J connectivity index is 0.00000180. The number of aryl methyl sites for hydroxylation is 1. The van der Waals surface area contributed by atoms with E-state index in [9.17, 15) is 13.6 Å². The van der Waals surface area contributed by atoms with E-state index < -0.39 is 17.5 Å². The number of rotatable bonds is 4. The van der Waals surface area contributed by atoms with Crippen molar-refractivity contribution in [3.63, 3.8) is 0 Å². The van der Waals surface area contributed by atoms with Gasteiger partial charge in [0.05, 0.1) is 5.56 Å². The van der Waals surface area contributed by atoms with Crippen molar-refractivity contribution < 1.29 is 13.6 Å². The third kappa shape index (κ3) is 3.88. The highest BCUT2D eigenvalue weighted by atomic mass is 35.5. The molecule has 2 rings (SSSR count). The van der Waals surface area contributed by atoms with Gasteiger partial charge in [-0.15, -0.1) is 12.4 Å². The summed E-state index contributed by atoms with van der Waals surface area (Å²) in [6.07, 6.45) is 2.17. The normalized spacial score (nSPS) is 15.6. The van der Waals surface area contributed by atoms with E-state index in [1.807, 2.05) is 0 Å². The van der Waals surface area contributed by atoms with Crippen LogP contribution in [0.4, 0.5) is 8.78 Å². The number of amides is 1. The van der Waals surface area contributed by atoms with Gasteiger partial charge >= 0.3 is 0 Å². The molecule has 1 atom stereocenters. The SMILES string of the molecule is Cc1cc(C(=O)NCC(N)C2CC2)c(F)cc1F.Cl. The Kier molecular flexibility index (Phi) is 5.26.